The fraction of sp³-hybridized carbons (Fsp3) is 0.500. The van der Waals surface area contributed by atoms with Crippen molar-refractivity contribution < 1.29 is 9.47 Å². The van der Waals surface area contributed by atoms with Crippen molar-refractivity contribution in [2.24, 2.45) is 0 Å². The van der Waals surface area contributed by atoms with Crippen LogP contribution in [0.25, 0.3) is 0 Å². The summed E-state index contributed by atoms with van der Waals surface area (Å²) in [6, 6.07) is 6.06. The summed E-state index contributed by atoms with van der Waals surface area (Å²) < 4.78 is 10.9. The molecule has 0 aliphatic carbocycles. The number of anilines is 2. The maximum absolute atomic E-state index is 5.45. The van der Waals surface area contributed by atoms with Crippen LogP contribution in [0.3, 0.4) is 0 Å². The Morgan fingerprint density at radius 3 is 2.59 bits per heavy atom. The average Bonchev–Trinajstić information content (AvgIpc) is 2.69. The highest BCUT2D eigenvalue weighted by Gasteiger charge is 2.21. The third-order valence-electron chi connectivity index (χ3n) is 4.73. The molecular formula is C20H29N5O2. The van der Waals surface area contributed by atoms with Crippen LogP contribution in [0.1, 0.15) is 17.5 Å². The highest BCUT2D eigenvalue weighted by atomic mass is 16.5. The Hall–Kier alpha value is -2.54. The first-order valence-electron chi connectivity index (χ1n) is 9.31. The minimum Gasteiger partial charge on any atom is -0.493 e. The number of benzene rings is 1. The van der Waals surface area contributed by atoms with Crippen molar-refractivity contribution in [1.29, 1.82) is 0 Å². The van der Waals surface area contributed by atoms with Crippen molar-refractivity contribution in [3.05, 3.63) is 35.5 Å². The molecule has 1 aliphatic heterocycles. The lowest BCUT2D eigenvalue weighted by molar-refractivity contribution is 0.353. The molecule has 0 radical (unpaired) electrons. The van der Waals surface area contributed by atoms with Gasteiger partial charge in [-0.15, -0.1) is 0 Å². The van der Waals surface area contributed by atoms with E-state index < -0.39 is 0 Å². The molecule has 1 aliphatic rings. The van der Waals surface area contributed by atoms with Gasteiger partial charge in [0.05, 0.1) is 14.2 Å². The molecule has 27 heavy (non-hydrogen) atoms. The molecule has 1 N–H and O–H groups in total. The van der Waals surface area contributed by atoms with Gasteiger partial charge < -0.3 is 24.6 Å². The average molecular weight is 371 g/mol. The highest BCUT2D eigenvalue weighted by molar-refractivity contribution is 5.51. The van der Waals surface area contributed by atoms with Crippen molar-refractivity contribution >= 4 is 11.8 Å². The minimum absolute atomic E-state index is 0.757. The molecule has 0 fully saturated rings. The molecule has 0 amide bonds. The summed E-state index contributed by atoms with van der Waals surface area (Å²) in [6.07, 6.45) is 3.82. The summed E-state index contributed by atoms with van der Waals surface area (Å²) in [5, 5.41) is 3.39. The van der Waals surface area contributed by atoms with Crippen LogP contribution in [0.4, 0.5) is 11.8 Å². The van der Waals surface area contributed by atoms with Crippen molar-refractivity contribution in [3.63, 3.8) is 0 Å². The molecule has 0 unspecified atom stereocenters. The highest BCUT2D eigenvalue weighted by Crippen LogP contribution is 2.33. The number of hydrogen-bond donors (Lipinski definition) is 1. The van der Waals surface area contributed by atoms with Crippen LogP contribution in [0.15, 0.2) is 24.4 Å². The third kappa shape index (κ3) is 4.80. The van der Waals surface area contributed by atoms with Gasteiger partial charge in [-0.3, -0.25) is 0 Å². The summed E-state index contributed by atoms with van der Waals surface area (Å²) in [6.45, 7) is 3.60. The number of rotatable bonds is 8. The summed E-state index contributed by atoms with van der Waals surface area (Å²) in [4.78, 5) is 13.6. The number of fused-ring (bicyclic) bond motifs is 1. The lowest BCUT2D eigenvalue weighted by Gasteiger charge is -2.29. The summed E-state index contributed by atoms with van der Waals surface area (Å²) in [5.74, 6) is 3.17. The second kappa shape index (κ2) is 8.90. The van der Waals surface area contributed by atoms with E-state index in [4.69, 9.17) is 14.5 Å². The fourth-order valence-electron chi connectivity index (χ4n) is 3.26. The Labute approximate surface area is 161 Å². The topological polar surface area (TPSA) is 62.8 Å². The van der Waals surface area contributed by atoms with Gasteiger partial charge in [-0.1, -0.05) is 0 Å². The smallest absolute Gasteiger partial charge is 0.227 e. The van der Waals surface area contributed by atoms with Gasteiger partial charge in [-0.05, 0) is 62.8 Å². The number of ether oxygens (including phenoxy) is 2. The number of hydrogen-bond acceptors (Lipinski definition) is 7. The molecule has 3 rings (SSSR count). The number of methoxy groups -OCH3 is 2. The lowest BCUT2D eigenvalue weighted by atomic mass is 9.99. The van der Waals surface area contributed by atoms with Gasteiger partial charge in [0.25, 0.3) is 0 Å². The van der Waals surface area contributed by atoms with Gasteiger partial charge in [0, 0.05) is 25.8 Å². The van der Waals surface area contributed by atoms with Crippen LogP contribution < -0.4 is 19.7 Å². The molecule has 1 aromatic heterocycles. The molecule has 0 spiro atoms. The number of nitrogens with one attached hydrogen (secondary N) is 1. The Kier molecular flexibility index (Phi) is 6.34. The van der Waals surface area contributed by atoms with E-state index >= 15 is 0 Å². The molecule has 1 aromatic carbocycles. The fourth-order valence-corrected chi connectivity index (χ4v) is 3.26. The molecule has 0 saturated heterocycles. The van der Waals surface area contributed by atoms with Gasteiger partial charge in [-0.25, -0.2) is 4.98 Å². The van der Waals surface area contributed by atoms with Crippen LogP contribution >= 0.6 is 0 Å². The van der Waals surface area contributed by atoms with Gasteiger partial charge in [0.15, 0.2) is 11.5 Å². The quantitative estimate of drug-likeness (QED) is 0.715. The largest absolute Gasteiger partial charge is 0.493 e. The van der Waals surface area contributed by atoms with E-state index in [0.717, 1.165) is 62.3 Å². The second-order valence-electron chi connectivity index (χ2n) is 6.97. The summed E-state index contributed by atoms with van der Waals surface area (Å²) >= 11 is 0. The predicted molar refractivity (Wildman–Crippen MR) is 108 cm³/mol. The molecule has 0 atom stereocenters. The van der Waals surface area contributed by atoms with Crippen molar-refractivity contribution in [2.75, 3.05) is 58.2 Å². The van der Waals surface area contributed by atoms with Crippen molar-refractivity contribution in [3.8, 4) is 11.5 Å². The monoisotopic (exact) mass is 371 g/mol. The van der Waals surface area contributed by atoms with Gasteiger partial charge >= 0.3 is 0 Å². The maximum Gasteiger partial charge on any atom is 0.227 e. The van der Waals surface area contributed by atoms with Crippen LogP contribution in [-0.2, 0) is 13.0 Å². The van der Waals surface area contributed by atoms with Gasteiger partial charge in [-0.2, -0.15) is 4.98 Å². The SMILES string of the molecule is COc1cc2c(cc1OC)CN(c1nccc(NCCCN(C)C)n1)CC2. The van der Waals surface area contributed by atoms with Gasteiger partial charge in [0.2, 0.25) is 5.95 Å². The van der Waals surface area contributed by atoms with Crippen LogP contribution in [0, 0.1) is 0 Å². The van der Waals surface area contributed by atoms with Crippen LogP contribution in [0.2, 0.25) is 0 Å². The Morgan fingerprint density at radius 2 is 1.89 bits per heavy atom. The maximum atomic E-state index is 5.45. The predicted octanol–water partition coefficient (Wildman–Crippen LogP) is 2.42. The normalized spacial score (nSPS) is 13.4. The molecule has 146 valence electrons. The van der Waals surface area contributed by atoms with Crippen LogP contribution in [-0.4, -0.2) is 62.8 Å². The van der Waals surface area contributed by atoms with Crippen LogP contribution in [0.5, 0.6) is 11.5 Å². The first-order valence-corrected chi connectivity index (χ1v) is 9.31. The van der Waals surface area contributed by atoms with E-state index in [0.29, 0.717) is 0 Å². The second-order valence-corrected chi connectivity index (χ2v) is 6.97. The standard InChI is InChI=1S/C20H29N5O2/c1-24(2)10-5-8-21-19-6-9-22-20(23-19)25-11-7-15-12-17(26-3)18(27-4)13-16(15)14-25/h6,9,12-13H,5,7-8,10-11,14H2,1-4H3,(H,21,22,23). The van der Waals surface area contributed by atoms with E-state index in [2.05, 4.69) is 46.3 Å². The Balaban J connectivity index is 1.69. The zero-order valence-corrected chi connectivity index (χ0v) is 16.7. The minimum atomic E-state index is 0.757. The Morgan fingerprint density at radius 1 is 1.15 bits per heavy atom. The molecule has 2 aromatic rings. The zero-order chi connectivity index (χ0) is 19.2. The Bertz CT molecular complexity index is 766. The molecule has 0 saturated carbocycles. The number of aromatic nitrogens is 2. The van der Waals surface area contributed by atoms with Gasteiger partial charge in [0.1, 0.15) is 5.82 Å². The molecule has 7 nitrogen and oxygen atoms in total. The summed E-state index contributed by atoms with van der Waals surface area (Å²) in [7, 11) is 7.51. The molecule has 7 heteroatoms. The van der Waals surface area contributed by atoms with E-state index in [1.165, 1.54) is 11.1 Å². The molecule has 2 heterocycles. The lowest BCUT2D eigenvalue weighted by Crippen LogP contribution is -2.32. The summed E-state index contributed by atoms with van der Waals surface area (Å²) in [5.41, 5.74) is 2.52. The first-order chi connectivity index (χ1) is 13.1. The third-order valence-corrected chi connectivity index (χ3v) is 4.73. The van der Waals surface area contributed by atoms with E-state index in [1.807, 2.05) is 12.3 Å². The first kappa shape index (κ1) is 19.2. The zero-order valence-electron chi connectivity index (χ0n) is 16.7. The molecule has 0 bridgehead atoms. The van der Waals surface area contributed by atoms with E-state index in [-0.39, 0.29) is 0 Å². The number of nitrogens with zero attached hydrogens (tertiary/aromatic N) is 4. The van der Waals surface area contributed by atoms with E-state index in [9.17, 15) is 0 Å². The van der Waals surface area contributed by atoms with E-state index in [1.54, 1.807) is 14.2 Å². The molecular weight excluding hydrogens is 342 g/mol. The van der Waals surface area contributed by atoms with Crippen molar-refractivity contribution in [1.82, 2.24) is 14.9 Å². The van der Waals surface area contributed by atoms with Crippen molar-refractivity contribution in [2.45, 2.75) is 19.4 Å².